The Morgan fingerprint density at radius 1 is 1.17 bits per heavy atom. The summed E-state index contributed by atoms with van der Waals surface area (Å²) < 4.78 is 5.41. The SMILES string of the molecule is CC(=O)Nc1sc2c(c1C(=O)O[C@H](C)C(=O)Nc1ccccc1C#N)CCCC2. The molecule has 0 aliphatic heterocycles. The number of thiophene rings is 1. The van der Waals surface area contributed by atoms with Crippen molar-refractivity contribution in [2.24, 2.45) is 0 Å². The monoisotopic (exact) mass is 411 g/mol. The molecule has 0 saturated heterocycles. The number of carbonyl (C=O) groups excluding carboxylic acids is 3. The zero-order valence-corrected chi connectivity index (χ0v) is 17.0. The van der Waals surface area contributed by atoms with E-state index in [9.17, 15) is 14.4 Å². The van der Waals surface area contributed by atoms with Gasteiger partial charge in [0.25, 0.3) is 5.91 Å². The number of ether oxygens (including phenoxy) is 1. The maximum atomic E-state index is 12.9. The molecule has 1 aromatic carbocycles. The number of hydrogen-bond donors (Lipinski definition) is 2. The highest BCUT2D eigenvalue weighted by molar-refractivity contribution is 7.17. The molecule has 0 radical (unpaired) electrons. The Hall–Kier alpha value is -3.18. The summed E-state index contributed by atoms with van der Waals surface area (Å²) in [5.74, 6) is -1.44. The Kier molecular flexibility index (Phi) is 6.29. The van der Waals surface area contributed by atoms with Crippen LogP contribution in [0.15, 0.2) is 24.3 Å². The summed E-state index contributed by atoms with van der Waals surface area (Å²) in [7, 11) is 0. The van der Waals surface area contributed by atoms with Crippen LogP contribution in [0, 0.1) is 11.3 Å². The third-order valence-electron chi connectivity index (χ3n) is 4.62. The zero-order valence-electron chi connectivity index (χ0n) is 16.2. The number of para-hydroxylation sites is 1. The van der Waals surface area contributed by atoms with Crippen LogP contribution in [0.4, 0.5) is 10.7 Å². The average Bonchev–Trinajstić information content (AvgIpc) is 3.05. The number of rotatable bonds is 5. The van der Waals surface area contributed by atoms with Gasteiger partial charge >= 0.3 is 5.97 Å². The van der Waals surface area contributed by atoms with Crippen LogP contribution in [0.25, 0.3) is 0 Å². The second-order valence-corrected chi connectivity index (χ2v) is 7.90. The molecule has 1 heterocycles. The van der Waals surface area contributed by atoms with Crippen LogP contribution in [0.3, 0.4) is 0 Å². The van der Waals surface area contributed by atoms with E-state index < -0.39 is 18.0 Å². The fraction of sp³-hybridized carbons (Fsp3) is 0.333. The second-order valence-electron chi connectivity index (χ2n) is 6.79. The molecule has 1 aromatic heterocycles. The summed E-state index contributed by atoms with van der Waals surface area (Å²) in [5, 5.41) is 14.9. The quantitative estimate of drug-likeness (QED) is 0.730. The Morgan fingerprint density at radius 3 is 2.62 bits per heavy atom. The van der Waals surface area contributed by atoms with E-state index in [1.54, 1.807) is 24.3 Å². The molecule has 0 unspecified atom stereocenters. The molecule has 29 heavy (non-hydrogen) atoms. The molecule has 3 rings (SSSR count). The first kappa shape index (κ1) is 20.6. The number of nitriles is 1. The maximum Gasteiger partial charge on any atom is 0.342 e. The molecular formula is C21H21N3O4S. The third kappa shape index (κ3) is 4.63. The van der Waals surface area contributed by atoms with Gasteiger partial charge in [-0.2, -0.15) is 5.26 Å². The minimum absolute atomic E-state index is 0.267. The number of fused-ring (bicyclic) bond motifs is 1. The summed E-state index contributed by atoms with van der Waals surface area (Å²) in [6.07, 6.45) is 2.54. The Labute approximate surface area is 172 Å². The molecule has 2 amide bonds. The number of esters is 1. The largest absolute Gasteiger partial charge is 0.449 e. The molecule has 1 aliphatic rings. The second kappa shape index (κ2) is 8.88. The van der Waals surface area contributed by atoms with Gasteiger partial charge in [-0.05, 0) is 50.3 Å². The highest BCUT2D eigenvalue weighted by Crippen LogP contribution is 2.38. The molecule has 7 nitrogen and oxygen atoms in total. The summed E-state index contributed by atoms with van der Waals surface area (Å²) in [6, 6.07) is 8.59. The first-order valence-electron chi connectivity index (χ1n) is 9.33. The number of nitrogens with zero attached hydrogens (tertiary/aromatic N) is 1. The van der Waals surface area contributed by atoms with Crippen LogP contribution < -0.4 is 10.6 Å². The van der Waals surface area contributed by atoms with Gasteiger partial charge in [0.05, 0.1) is 16.8 Å². The lowest BCUT2D eigenvalue weighted by Gasteiger charge is -2.16. The van der Waals surface area contributed by atoms with Gasteiger partial charge in [-0.1, -0.05) is 12.1 Å². The van der Waals surface area contributed by atoms with Gasteiger partial charge in [0.1, 0.15) is 11.1 Å². The van der Waals surface area contributed by atoms with Crippen molar-refractivity contribution in [2.75, 3.05) is 10.6 Å². The molecule has 150 valence electrons. The number of aryl methyl sites for hydroxylation is 1. The van der Waals surface area contributed by atoms with Crippen LogP contribution in [0.1, 0.15) is 53.1 Å². The molecule has 8 heteroatoms. The Bertz CT molecular complexity index is 1010. The van der Waals surface area contributed by atoms with Gasteiger partial charge in [-0.3, -0.25) is 9.59 Å². The lowest BCUT2D eigenvalue weighted by atomic mass is 9.95. The predicted octanol–water partition coefficient (Wildman–Crippen LogP) is 3.64. The summed E-state index contributed by atoms with van der Waals surface area (Å²) in [5.41, 5.74) is 1.92. The number of nitrogens with one attached hydrogen (secondary N) is 2. The van der Waals surface area contributed by atoms with Crippen molar-refractivity contribution in [3.05, 3.63) is 45.8 Å². The maximum absolute atomic E-state index is 12.9. The number of benzene rings is 1. The highest BCUT2D eigenvalue weighted by atomic mass is 32.1. The molecule has 2 aromatic rings. The highest BCUT2D eigenvalue weighted by Gasteiger charge is 2.29. The fourth-order valence-corrected chi connectivity index (χ4v) is 4.55. The smallest absolute Gasteiger partial charge is 0.342 e. The molecule has 0 bridgehead atoms. The topological polar surface area (TPSA) is 108 Å². The molecular weight excluding hydrogens is 390 g/mol. The zero-order chi connectivity index (χ0) is 21.0. The molecule has 0 saturated carbocycles. The van der Waals surface area contributed by atoms with Crippen LogP contribution in [-0.2, 0) is 27.2 Å². The van der Waals surface area contributed by atoms with Crippen molar-refractivity contribution >= 4 is 39.8 Å². The van der Waals surface area contributed by atoms with Crippen molar-refractivity contribution in [1.29, 1.82) is 5.26 Å². The third-order valence-corrected chi connectivity index (χ3v) is 5.83. The predicted molar refractivity (Wildman–Crippen MR) is 110 cm³/mol. The lowest BCUT2D eigenvalue weighted by molar-refractivity contribution is -0.123. The standard InChI is InChI=1S/C21H21N3O4S/c1-12(19(26)24-16-9-5-3-7-14(16)11-22)28-21(27)18-15-8-4-6-10-17(15)29-20(18)23-13(2)25/h3,5,7,9,12H,4,6,8,10H2,1-2H3,(H,23,25)(H,24,26)/t12-/m1/s1. The number of amides is 2. The number of hydrogen-bond acceptors (Lipinski definition) is 6. The molecule has 2 N–H and O–H groups in total. The van der Waals surface area contributed by atoms with Gasteiger partial charge < -0.3 is 15.4 Å². The first-order valence-corrected chi connectivity index (χ1v) is 10.2. The van der Waals surface area contributed by atoms with Gasteiger partial charge in [-0.25, -0.2) is 4.79 Å². The Balaban J connectivity index is 1.77. The van der Waals surface area contributed by atoms with E-state index in [0.29, 0.717) is 21.8 Å². The first-order chi connectivity index (χ1) is 13.9. The van der Waals surface area contributed by atoms with E-state index >= 15 is 0 Å². The summed E-state index contributed by atoms with van der Waals surface area (Å²) in [4.78, 5) is 38.0. The van der Waals surface area contributed by atoms with Crippen LogP contribution in [-0.4, -0.2) is 23.9 Å². The number of carbonyl (C=O) groups is 3. The van der Waals surface area contributed by atoms with E-state index in [4.69, 9.17) is 10.00 Å². The van der Waals surface area contributed by atoms with E-state index in [1.807, 2.05) is 6.07 Å². The van der Waals surface area contributed by atoms with E-state index in [2.05, 4.69) is 10.6 Å². The minimum atomic E-state index is -1.07. The van der Waals surface area contributed by atoms with Crippen molar-refractivity contribution < 1.29 is 19.1 Å². The minimum Gasteiger partial charge on any atom is -0.449 e. The summed E-state index contributed by atoms with van der Waals surface area (Å²) in [6.45, 7) is 2.86. The van der Waals surface area contributed by atoms with Gasteiger partial charge in [0.15, 0.2) is 6.10 Å². The average molecular weight is 411 g/mol. The lowest BCUT2D eigenvalue weighted by Crippen LogP contribution is -2.30. The summed E-state index contributed by atoms with van der Waals surface area (Å²) >= 11 is 1.39. The van der Waals surface area contributed by atoms with E-state index in [0.717, 1.165) is 36.1 Å². The van der Waals surface area contributed by atoms with Crippen molar-refractivity contribution in [1.82, 2.24) is 0 Å². The van der Waals surface area contributed by atoms with Crippen LogP contribution >= 0.6 is 11.3 Å². The molecule has 1 atom stereocenters. The number of anilines is 2. The van der Waals surface area contributed by atoms with E-state index in [-0.39, 0.29) is 5.91 Å². The van der Waals surface area contributed by atoms with Gasteiger partial charge in [0, 0.05) is 11.8 Å². The molecule has 1 aliphatic carbocycles. The van der Waals surface area contributed by atoms with Crippen LogP contribution in [0.5, 0.6) is 0 Å². The van der Waals surface area contributed by atoms with Crippen molar-refractivity contribution in [3.63, 3.8) is 0 Å². The fourth-order valence-electron chi connectivity index (χ4n) is 3.23. The molecule has 0 fully saturated rings. The van der Waals surface area contributed by atoms with Crippen molar-refractivity contribution in [3.8, 4) is 6.07 Å². The molecule has 0 spiro atoms. The van der Waals surface area contributed by atoms with E-state index in [1.165, 1.54) is 25.2 Å². The van der Waals surface area contributed by atoms with Crippen molar-refractivity contribution in [2.45, 2.75) is 45.6 Å². The van der Waals surface area contributed by atoms with Gasteiger partial charge in [-0.15, -0.1) is 11.3 Å². The Morgan fingerprint density at radius 2 is 1.90 bits per heavy atom. The normalized spacial score (nSPS) is 13.6. The van der Waals surface area contributed by atoms with Crippen LogP contribution in [0.2, 0.25) is 0 Å². The van der Waals surface area contributed by atoms with Gasteiger partial charge in [0.2, 0.25) is 5.91 Å².